The van der Waals surface area contributed by atoms with E-state index >= 15 is 0 Å². The topological polar surface area (TPSA) is 143 Å². The molecular formula is C20H28F3N7O3. The maximum absolute atomic E-state index is 12.8. The van der Waals surface area contributed by atoms with Gasteiger partial charge in [0.25, 0.3) is 5.91 Å². The zero-order chi connectivity index (χ0) is 24.0. The van der Waals surface area contributed by atoms with Gasteiger partial charge in [0.1, 0.15) is 0 Å². The van der Waals surface area contributed by atoms with E-state index in [9.17, 15) is 18.0 Å². The highest BCUT2D eigenvalue weighted by Gasteiger charge is 2.38. The average molecular weight is 471 g/mol. The number of aliphatic carboxylic acids is 1. The summed E-state index contributed by atoms with van der Waals surface area (Å²) in [6.45, 7) is 2.33. The van der Waals surface area contributed by atoms with E-state index in [1.165, 1.54) is 43.4 Å². The second kappa shape index (κ2) is 10.8. The number of alkyl halides is 3. The Balaban J connectivity index is 0.000000383. The minimum Gasteiger partial charge on any atom is -0.475 e. The van der Waals surface area contributed by atoms with Crippen LogP contribution in [0.15, 0.2) is 6.20 Å². The number of H-pyrrole nitrogens is 1. The number of nitrogens with one attached hydrogen (secondary N) is 1. The number of carboxylic acid groups (broad SMARTS) is 1. The van der Waals surface area contributed by atoms with Gasteiger partial charge in [-0.05, 0) is 12.3 Å². The maximum Gasteiger partial charge on any atom is 0.490 e. The highest BCUT2D eigenvalue weighted by molar-refractivity contribution is 5.92. The van der Waals surface area contributed by atoms with Crippen molar-refractivity contribution < 1.29 is 27.9 Å². The first-order valence-corrected chi connectivity index (χ1v) is 10.9. The average Bonchev–Trinajstić information content (AvgIpc) is 3.41. The first-order chi connectivity index (χ1) is 15.7. The molecular weight excluding hydrogens is 443 g/mol. The number of aromatic amines is 1. The summed E-state index contributed by atoms with van der Waals surface area (Å²) in [5, 5.41) is 22.9. The van der Waals surface area contributed by atoms with Gasteiger partial charge >= 0.3 is 12.1 Å². The summed E-state index contributed by atoms with van der Waals surface area (Å²) in [6.07, 6.45) is 5.07. The van der Waals surface area contributed by atoms with Gasteiger partial charge < -0.3 is 15.7 Å². The van der Waals surface area contributed by atoms with Crippen LogP contribution >= 0.6 is 0 Å². The van der Waals surface area contributed by atoms with Gasteiger partial charge in [-0.1, -0.05) is 37.3 Å². The van der Waals surface area contributed by atoms with Gasteiger partial charge in [-0.25, -0.2) is 4.79 Å². The molecule has 1 fully saturated rings. The number of halogens is 3. The molecule has 0 bridgehead atoms. The van der Waals surface area contributed by atoms with Crippen LogP contribution in [0.1, 0.15) is 59.5 Å². The summed E-state index contributed by atoms with van der Waals surface area (Å²) in [5.41, 5.74) is 9.47. The van der Waals surface area contributed by atoms with Crippen molar-refractivity contribution in [2.24, 2.45) is 11.7 Å². The molecule has 1 aliphatic heterocycles. The second-order valence-electron chi connectivity index (χ2n) is 8.27. The molecule has 2 aliphatic rings. The molecule has 0 radical (unpaired) electrons. The second-order valence-corrected chi connectivity index (χ2v) is 8.27. The smallest absolute Gasteiger partial charge is 0.475 e. The summed E-state index contributed by atoms with van der Waals surface area (Å²) in [4.78, 5) is 23.6. The third kappa shape index (κ3) is 6.53. The molecule has 3 heterocycles. The molecule has 182 valence electrons. The third-order valence-corrected chi connectivity index (χ3v) is 5.87. The van der Waals surface area contributed by atoms with Gasteiger partial charge in [-0.3, -0.25) is 14.6 Å². The van der Waals surface area contributed by atoms with E-state index in [1.54, 1.807) is 10.9 Å². The Morgan fingerprint density at radius 3 is 2.58 bits per heavy atom. The van der Waals surface area contributed by atoms with Crippen molar-refractivity contribution in [1.29, 1.82) is 0 Å². The molecule has 2 aromatic heterocycles. The van der Waals surface area contributed by atoms with Crippen molar-refractivity contribution in [3.63, 3.8) is 0 Å². The van der Waals surface area contributed by atoms with Crippen LogP contribution in [0.25, 0.3) is 0 Å². The van der Waals surface area contributed by atoms with Gasteiger partial charge in [0, 0.05) is 37.3 Å². The van der Waals surface area contributed by atoms with E-state index in [2.05, 4.69) is 20.5 Å². The van der Waals surface area contributed by atoms with Crippen molar-refractivity contribution in [1.82, 2.24) is 30.1 Å². The Hall–Kier alpha value is -2.96. The molecule has 1 amide bonds. The predicted molar refractivity (Wildman–Crippen MR) is 110 cm³/mol. The van der Waals surface area contributed by atoms with Crippen LogP contribution in [0.2, 0.25) is 0 Å². The van der Waals surface area contributed by atoms with E-state index in [4.69, 9.17) is 15.6 Å². The Morgan fingerprint density at radius 1 is 1.24 bits per heavy atom. The van der Waals surface area contributed by atoms with Gasteiger partial charge in [-0.15, -0.1) is 5.10 Å². The van der Waals surface area contributed by atoms with Crippen molar-refractivity contribution in [3.8, 4) is 0 Å². The predicted octanol–water partition coefficient (Wildman–Crippen LogP) is 1.91. The molecule has 10 nitrogen and oxygen atoms in total. The SMILES string of the molecule is NCCn1cc(C(=O)N2CCc3[nH]nc(CC4CCCCC4)c3C2)nn1.O=C(O)C(F)(F)F. The number of hydrogen-bond donors (Lipinski definition) is 3. The van der Waals surface area contributed by atoms with Gasteiger partial charge in [0.05, 0.1) is 18.4 Å². The lowest BCUT2D eigenvalue weighted by Gasteiger charge is -2.27. The highest BCUT2D eigenvalue weighted by Crippen LogP contribution is 2.29. The molecule has 4 rings (SSSR count). The molecule has 0 spiro atoms. The number of carbonyl (C=O) groups is 2. The van der Waals surface area contributed by atoms with Gasteiger partial charge in [0.2, 0.25) is 0 Å². The number of amides is 1. The molecule has 0 unspecified atom stereocenters. The third-order valence-electron chi connectivity index (χ3n) is 5.87. The molecule has 33 heavy (non-hydrogen) atoms. The van der Waals surface area contributed by atoms with E-state index in [1.807, 2.05) is 4.90 Å². The molecule has 1 saturated carbocycles. The van der Waals surface area contributed by atoms with Crippen molar-refractivity contribution in [2.75, 3.05) is 13.1 Å². The van der Waals surface area contributed by atoms with Crippen LogP contribution in [0.5, 0.6) is 0 Å². The zero-order valence-electron chi connectivity index (χ0n) is 18.1. The standard InChI is InChI=1S/C18H27N7O.C2HF3O2/c19-7-9-25-12-17(22-23-25)18(26)24-8-6-15-14(11-24)16(21-20-15)10-13-4-2-1-3-5-13;3-2(4,5)1(6)7/h12-13H,1-11,19H2,(H,20,21);(H,6,7). The molecule has 0 saturated heterocycles. The maximum atomic E-state index is 12.8. The Bertz CT molecular complexity index is 951. The van der Waals surface area contributed by atoms with Crippen molar-refractivity contribution in [3.05, 3.63) is 28.8 Å². The number of aromatic nitrogens is 5. The van der Waals surface area contributed by atoms with Crippen LogP contribution in [0.3, 0.4) is 0 Å². The Morgan fingerprint density at radius 2 is 1.94 bits per heavy atom. The zero-order valence-corrected chi connectivity index (χ0v) is 18.1. The highest BCUT2D eigenvalue weighted by atomic mass is 19.4. The van der Waals surface area contributed by atoms with Crippen molar-refractivity contribution in [2.45, 2.75) is 64.2 Å². The summed E-state index contributed by atoms with van der Waals surface area (Å²) in [7, 11) is 0. The molecule has 0 atom stereocenters. The largest absolute Gasteiger partial charge is 0.490 e. The Kier molecular flexibility index (Phi) is 8.06. The first kappa shape index (κ1) is 24.7. The van der Waals surface area contributed by atoms with Crippen molar-refractivity contribution >= 4 is 11.9 Å². The minimum absolute atomic E-state index is 0.0660. The number of rotatable bonds is 5. The summed E-state index contributed by atoms with van der Waals surface area (Å²) in [5.74, 6) is -2.09. The summed E-state index contributed by atoms with van der Waals surface area (Å²) in [6, 6.07) is 0. The number of fused-ring (bicyclic) bond motifs is 1. The normalized spacial score (nSPS) is 16.7. The minimum atomic E-state index is -5.08. The first-order valence-electron chi connectivity index (χ1n) is 10.9. The van der Waals surface area contributed by atoms with E-state index in [-0.39, 0.29) is 5.91 Å². The van der Waals surface area contributed by atoms with Gasteiger partial charge in [-0.2, -0.15) is 18.3 Å². The molecule has 4 N–H and O–H groups in total. The van der Waals surface area contributed by atoms with E-state index in [0.29, 0.717) is 31.9 Å². The summed E-state index contributed by atoms with van der Waals surface area (Å²) < 4.78 is 33.4. The fourth-order valence-electron chi connectivity index (χ4n) is 4.16. The lowest BCUT2D eigenvalue weighted by atomic mass is 9.85. The quantitative estimate of drug-likeness (QED) is 0.604. The molecule has 2 aromatic rings. The monoisotopic (exact) mass is 471 g/mol. The molecule has 13 heteroatoms. The lowest BCUT2D eigenvalue weighted by molar-refractivity contribution is -0.192. The number of nitrogens with zero attached hydrogens (tertiary/aromatic N) is 5. The van der Waals surface area contributed by atoms with Crippen LogP contribution in [-0.4, -0.2) is 66.3 Å². The number of carboxylic acids is 1. The van der Waals surface area contributed by atoms with Crippen LogP contribution in [0.4, 0.5) is 13.2 Å². The van der Waals surface area contributed by atoms with Gasteiger partial charge in [0.15, 0.2) is 5.69 Å². The van der Waals surface area contributed by atoms with Crippen LogP contribution in [-0.2, 0) is 30.7 Å². The van der Waals surface area contributed by atoms with E-state index < -0.39 is 12.1 Å². The summed E-state index contributed by atoms with van der Waals surface area (Å²) >= 11 is 0. The Labute approximate surface area is 188 Å². The van der Waals surface area contributed by atoms with E-state index in [0.717, 1.165) is 24.5 Å². The fraction of sp³-hybridized carbons (Fsp3) is 0.650. The number of hydrogen-bond acceptors (Lipinski definition) is 6. The van der Waals surface area contributed by atoms with Crippen LogP contribution in [0, 0.1) is 5.92 Å². The number of carbonyl (C=O) groups excluding carboxylic acids is 1. The lowest BCUT2D eigenvalue weighted by Crippen LogP contribution is -2.36. The molecule has 1 aliphatic carbocycles. The van der Waals surface area contributed by atoms with Crippen LogP contribution < -0.4 is 5.73 Å². The number of nitrogens with two attached hydrogens (primary N) is 1. The fourth-order valence-corrected chi connectivity index (χ4v) is 4.16. The molecule has 0 aromatic carbocycles.